The lowest BCUT2D eigenvalue weighted by Gasteiger charge is -2.57. The Balaban J connectivity index is 1.70. The van der Waals surface area contributed by atoms with Crippen molar-refractivity contribution in [3.05, 3.63) is 29.8 Å². The van der Waals surface area contributed by atoms with E-state index in [9.17, 15) is 9.59 Å². The Morgan fingerprint density at radius 3 is 2.71 bits per heavy atom. The monoisotopic (exact) mass is 418 g/mol. The van der Waals surface area contributed by atoms with Crippen molar-refractivity contribution < 1.29 is 19.1 Å². The van der Waals surface area contributed by atoms with E-state index in [2.05, 4.69) is 23.5 Å². The Bertz CT molecular complexity index is 803. The van der Waals surface area contributed by atoms with Gasteiger partial charge < -0.3 is 9.47 Å². The first-order valence-electron chi connectivity index (χ1n) is 10.4. The van der Waals surface area contributed by atoms with Gasteiger partial charge in [-0.1, -0.05) is 24.6 Å². The van der Waals surface area contributed by atoms with Gasteiger partial charge in [0.1, 0.15) is 5.75 Å². The van der Waals surface area contributed by atoms with E-state index in [1.165, 1.54) is 17.9 Å². The molecular formula is C22H26O4S2. The molecule has 0 N–H and O–H groups in total. The molecule has 3 fully saturated rings. The van der Waals surface area contributed by atoms with Crippen molar-refractivity contribution in [3.8, 4) is 5.75 Å². The van der Waals surface area contributed by atoms with E-state index in [0.29, 0.717) is 11.7 Å². The van der Waals surface area contributed by atoms with Crippen molar-refractivity contribution >= 4 is 35.5 Å². The predicted octanol–water partition coefficient (Wildman–Crippen LogP) is 4.63. The Morgan fingerprint density at radius 2 is 1.93 bits per heavy atom. The van der Waals surface area contributed by atoms with Crippen LogP contribution in [-0.4, -0.2) is 34.1 Å². The van der Waals surface area contributed by atoms with Crippen LogP contribution in [0.1, 0.15) is 50.5 Å². The minimum Gasteiger partial charge on any atom is -0.465 e. The lowest BCUT2D eigenvalue weighted by atomic mass is 9.54. The topological polar surface area (TPSA) is 52.6 Å². The maximum atomic E-state index is 13.5. The molecule has 0 bridgehead atoms. The van der Waals surface area contributed by atoms with Crippen molar-refractivity contribution in [3.63, 3.8) is 0 Å². The molecule has 4 unspecified atom stereocenters. The highest BCUT2D eigenvalue weighted by atomic mass is 32.2. The van der Waals surface area contributed by atoms with Crippen LogP contribution < -0.4 is 4.74 Å². The number of benzene rings is 1. The number of esters is 2. The molecule has 4 nitrogen and oxygen atoms in total. The van der Waals surface area contributed by atoms with Crippen molar-refractivity contribution in [1.82, 2.24) is 0 Å². The van der Waals surface area contributed by atoms with E-state index in [-0.39, 0.29) is 34.5 Å². The number of carbonyl (C=O) groups excluding carboxylic acids is 2. The summed E-state index contributed by atoms with van der Waals surface area (Å²) < 4.78 is 11.5. The first kappa shape index (κ1) is 18.9. The van der Waals surface area contributed by atoms with Gasteiger partial charge in [0.15, 0.2) is 5.41 Å². The second-order valence-corrected chi connectivity index (χ2v) is 11.4. The summed E-state index contributed by atoms with van der Waals surface area (Å²) in [6, 6.07) is 7.78. The summed E-state index contributed by atoms with van der Waals surface area (Å²) in [6.07, 6.45) is 5.14. The van der Waals surface area contributed by atoms with Gasteiger partial charge in [-0.15, -0.1) is 23.5 Å². The summed E-state index contributed by atoms with van der Waals surface area (Å²) in [5.74, 6) is 2.41. The van der Waals surface area contributed by atoms with Gasteiger partial charge in [0.25, 0.3) is 0 Å². The Morgan fingerprint density at radius 1 is 1.18 bits per heavy atom. The lowest BCUT2D eigenvalue weighted by molar-refractivity contribution is -0.181. The van der Waals surface area contributed by atoms with Gasteiger partial charge in [-0.05, 0) is 67.6 Å². The molecule has 2 aliphatic carbocycles. The summed E-state index contributed by atoms with van der Waals surface area (Å²) >= 11 is 4.15. The number of para-hydroxylation sites is 1. The van der Waals surface area contributed by atoms with Crippen LogP contribution in [-0.2, 0) is 14.3 Å². The van der Waals surface area contributed by atoms with Crippen molar-refractivity contribution in [1.29, 1.82) is 0 Å². The molecule has 1 aromatic carbocycles. The van der Waals surface area contributed by atoms with Gasteiger partial charge in [0, 0.05) is 5.92 Å². The molecule has 0 radical (unpaired) electrons. The third-order valence-corrected chi connectivity index (χ3v) is 10.7. The zero-order valence-corrected chi connectivity index (χ0v) is 17.8. The SMILES string of the molecule is CCOC(=O)C12C(=O)Oc3ccccc3C1CC1(SCCCS1)C1CCCC12. The molecule has 6 heteroatoms. The van der Waals surface area contributed by atoms with Crippen molar-refractivity contribution in [2.45, 2.75) is 49.0 Å². The van der Waals surface area contributed by atoms with Crippen LogP contribution in [0.5, 0.6) is 5.75 Å². The molecule has 4 atom stereocenters. The summed E-state index contributed by atoms with van der Waals surface area (Å²) in [7, 11) is 0. The third kappa shape index (κ3) is 2.46. The van der Waals surface area contributed by atoms with Gasteiger partial charge in [-0.2, -0.15) is 0 Å². The minimum atomic E-state index is -1.19. The van der Waals surface area contributed by atoms with Crippen LogP contribution in [0, 0.1) is 17.3 Å². The number of thioether (sulfide) groups is 2. The lowest BCUT2D eigenvalue weighted by Crippen LogP contribution is -2.62. The summed E-state index contributed by atoms with van der Waals surface area (Å²) in [5.41, 5.74) is -0.179. The molecule has 4 aliphatic rings. The molecule has 150 valence electrons. The van der Waals surface area contributed by atoms with E-state index in [0.717, 1.165) is 31.2 Å². The fourth-order valence-electron chi connectivity index (χ4n) is 6.13. The number of fused-ring (bicyclic) bond motifs is 6. The van der Waals surface area contributed by atoms with Gasteiger partial charge in [0.2, 0.25) is 0 Å². The minimum absolute atomic E-state index is 0.00394. The van der Waals surface area contributed by atoms with Crippen molar-refractivity contribution in [2.75, 3.05) is 18.1 Å². The quantitative estimate of drug-likeness (QED) is 0.397. The average molecular weight is 419 g/mol. The molecule has 5 rings (SSSR count). The molecule has 28 heavy (non-hydrogen) atoms. The fraction of sp³-hybridized carbons (Fsp3) is 0.636. The summed E-state index contributed by atoms with van der Waals surface area (Å²) in [6.45, 7) is 2.10. The normalized spacial score (nSPS) is 35.5. The van der Waals surface area contributed by atoms with E-state index < -0.39 is 5.41 Å². The van der Waals surface area contributed by atoms with Gasteiger partial charge >= 0.3 is 11.9 Å². The van der Waals surface area contributed by atoms with Crippen LogP contribution >= 0.6 is 23.5 Å². The van der Waals surface area contributed by atoms with Crippen LogP contribution in [0.4, 0.5) is 0 Å². The molecule has 0 aromatic heterocycles. The van der Waals surface area contributed by atoms with E-state index in [1.807, 2.05) is 31.2 Å². The average Bonchev–Trinajstić information content (AvgIpc) is 3.20. The number of hydrogen-bond donors (Lipinski definition) is 0. The van der Waals surface area contributed by atoms with Crippen molar-refractivity contribution in [2.24, 2.45) is 17.3 Å². The third-order valence-electron chi connectivity index (χ3n) is 7.13. The zero-order chi connectivity index (χ0) is 19.4. The zero-order valence-electron chi connectivity index (χ0n) is 16.1. The number of carbonyl (C=O) groups is 2. The van der Waals surface area contributed by atoms with Gasteiger partial charge in [-0.25, -0.2) is 0 Å². The highest BCUT2D eigenvalue weighted by Gasteiger charge is 2.71. The largest absolute Gasteiger partial charge is 0.465 e. The molecule has 0 amide bonds. The second kappa shape index (κ2) is 6.98. The Hall–Kier alpha value is -1.14. The molecule has 2 heterocycles. The van der Waals surface area contributed by atoms with Crippen LogP contribution in [0.2, 0.25) is 0 Å². The highest BCUT2D eigenvalue weighted by molar-refractivity contribution is 8.18. The van der Waals surface area contributed by atoms with E-state index in [4.69, 9.17) is 9.47 Å². The van der Waals surface area contributed by atoms with Crippen LogP contribution in [0.15, 0.2) is 24.3 Å². The van der Waals surface area contributed by atoms with Gasteiger partial charge in [0.05, 0.1) is 10.7 Å². The van der Waals surface area contributed by atoms with E-state index >= 15 is 0 Å². The molecule has 1 aromatic rings. The Labute approximate surface area is 174 Å². The van der Waals surface area contributed by atoms with E-state index in [1.54, 1.807) is 0 Å². The fourth-order valence-corrected chi connectivity index (χ4v) is 9.98. The van der Waals surface area contributed by atoms with Crippen LogP contribution in [0.25, 0.3) is 0 Å². The smallest absolute Gasteiger partial charge is 0.329 e. The van der Waals surface area contributed by atoms with Crippen LogP contribution in [0.3, 0.4) is 0 Å². The predicted molar refractivity (Wildman–Crippen MR) is 112 cm³/mol. The molecule has 2 saturated carbocycles. The number of hydrogen-bond acceptors (Lipinski definition) is 6. The molecule has 1 saturated heterocycles. The highest BCUT2D eigenvalue weighted by Crippen LogP contribution is 2.70. The number of rotatable bonds is 2. The molecule has 1 spiro atoms. The first-order chi connectivity index (χ1) is 13.6. The summed E-state index contributed by atoms with van der Waals surface area (Å²) in [4.78, 5) is 27.0. The maximum Gasteiger partial charge on any atom is 0.329 e. The first-order valence-corrected chi connectivity index (χ1v) is 12.4. The molecule has 2 aliphatic heterocycles. The summed E-state index contributed by atoms with van der Waals surface area (Å²) in [5, 5.41) is 0. The molecular weight excluding hydrogens is 392 g/mol. The standard InChI is InChI=1S/C22H26O4S2/c1-2-25-19(23)22-16-9-5-8-15(16)21(27-11-6-12-28-21)13-17(22)14-7-3-4-10-18(14)26-20(22)24/h3-4,7,10,15-17H,2,5-6,8-9,11-13H2,1H3. The maximum absolute atomic E-state index is 13.5. The van der Waals surface area contributed by atoms with Gasteiger partial charge in [-0.3, -0.25) is 9.59 Å². The second-order valence-electron chi connectivity index (χ2n) is 8.28. The number of ether oxygens (including phenoxy) is 2. The Kier molecular flexibility index (Phi) is 4.70.